The van der Waals surface area contributed by atoms with Gasteiger partial charge in [0.1, 0.15) is 0 Å². The van der Waals surface area contributed by atoms with Gasteiger partial charge in [0, 0.05) is 17.8 Å². The van der Waals surface area contributed by atoms with Gasteiger partial charge in [-0.25, -0.2) is 0 Å². The zero-order valence-electron chi connectivity index (χ0n) is 10.3. The molecule has 6 heteroatoms. The Bertz CT molecular complexity index is 590. The van der Waals surface area contributed by atoms with Crippen LogP contribution in [0.1, 0.15) is 12.8 Å². The zero-order valence-corrected chi connectivity index (χ0v) is 10.3. The number of rotatable bonds is 4. The first kappa shape index (κ1) is 11.9. The number of hydrogen-bond acceptors (Lipinski definition) is 5. The Morgan fingerprint density at radius 3 is 2.95 bits per heavy atom. The Kier molecular flexibility index (Phi) is 2.79. The monoisotopic (exact) mass is 258 g/mol. The molecule has 1 aliphatic rings. The summed E-state index contributed by atoms with van der Waals surface area (Å²) in [5.74, 6) is 0.411. The lowest BCUT2D eigenvalue weighted by Crippen LogP contribution is -2.30. The Hall–Kier alpha value is -2.21. The molecule has 0 radical (unpaired) electrons. The fourth-order valence-electron chi connectivity index (χ4n) is 1.97. The first-order valence-electron chi connectivity index (χ1n) is 6.12. The number of nitrogens with two attached hydrogens (primary N) is 1. The first-order chi connectivity index (χ1) is 9.23. The molecule has 0 bridgehead atoms. The van der Waals surface area contributed by atoms with E-state index in [1.807, 2.05) is 18.2 Å². The SMILES string of the molecule is NCC1(C(=O)Nc2cccc(-c3nnco3)c2)CC1. The Morgan fingerprint density at radius 2 is 2.32 bits per heavy atom. The Morgan fingerprint density at radius 1 is 1.47 bits per heavy atom. The van der Waals surface area contributed by atoms with Gasteiger partial charge in [-0.2, -0.15) is 0 Å². The van der Waals surface area contributed by atoms with Crippen molar-refractivity contribution in [1.82, 2.24) is 10.2 Å². The number of carbonyl (C=O) groups excluding carboxylic acids is 1. The molecule has 2 aromatic rings. The average Bonchev–Trinajstić information content (AvgIpc) is 3.05. The van der Waals surface area contributed by atoms with Crippen molar-refractivity contribution >= 4 is 11.6 Å². The van der Waals surface area contributed by atoms with Gasteiger partial charge in [0.15, 0.2) is 0 Å². The lowest BCUT2D eigenvalue weighted by atomic mass is 10.1. The normalized spacial score (nSPS) is 16.1. The largest absolute Gasteiger partial charge is 0.423 e. The van der Waals surface area contributed by atoms with E-state index >= 15 is 0 Å². The van der Waals surface area contributed by atoms with E-state index < -0.39 is 0 Å². The third-order valence-electron chi connectivity index (χ3n) is 3.45. The molecule has 1 heterocycles. The standard InChI is InChI=1S/C13H14N4O2/c14-7-13(4-5-13)12(18)16-10-3-1-2-9(6-10)11-17-15-8-19-11/h1-3,6,8H,4-5,7,14H2,(H,16,18). The maximum Gasteiger partial charge on any atom is 0.247 e. The lowest BCUT2D eigenvalue weighted by molar-refractivity contribution is -0.120. The maximum absolute atomic E-state index is 12.1. The van der Waals surface area contributed by atoms with Gasteiger partial charge in [0.25, 0.3) is 0 Å². The second-order valence-corrected chi connectivity index (χ2v) is 4.76. The van der Waals surface area contributed by atoms with Crippen molar-refractivity contribution < 1.29 is 9.21 Å². The van der Waals surface area contributed by atoms with E-state index in [4.69, 9.17) is 10.2 Å². The van der Waals surface area contributed by atoms with Gasteiger partial charge in [-0.3, -0.25) is 4.79 Å². The van der Waals surface area contributed by atoms with E-state index in [1.165, 1.54) is 6.39 Å². The van der Waals surface area contributed by atoms with Gasteiger partial charge in [-0.15, -0.1) is 10.2 Å². The molecule has 1 aliphatic carbocycles. The minimum absolute atomic E-state index is 0.0160. The van der Waals surface area contributed by atoms with Crippen molar-refractivity contribution in [3.8, 4) is 11.5 Å². The molecule has 1 saturated carbocycles. The van der Waals surface area contributed by atoms with Crippen LogP contribution in [0.25, 0.3) is 11.5 Å². The Labute approximate surface area is 110 Å². The van der Waals surface area contributed by atoms with Crippen LogP contribution in [0, 0.1) is 5.41 Å². The predicted molar refractivity (Wildman–Crippen MR) is 69.1 cm³/mol. The molecule has 3 rings (SSSR count). The van der Waals surface area contributed by atoms with E-state index in [0.717, 1.165) is 18.4 Å². The van der Waals surface area contributed by atoms with Gasteiger partial charge in [0.05, 0.1) is 5.41 Å². The highest BCUT2D eigenvalue weighted by Gasteiger charge is 2.48. The van der Waals surface area contributed by atoms with E-state index in [2.05, 4.69) is 15.5 Å². The summed E-state index contributed by atoms with van der Waals surface area (Å²) in [4.78, 5) is 12.1. The third kappa shape index (κ3) is 2.22. The predicted octanol–water partition coefficient (Wildman–Crippen LogP) is 1.41. The van der Waals surface area contributed by atoms with Crippen LogP contribution in [0.2, 0.25) is 0 Å². The summed E-state index contributed by atoms with van der Waals surface area (Å²) < 4.78 is 5.13. The summed E-state index contributed by atoms with van der Waals surface area (Å²) in [5.41, 5.74) is 6.76. The summed E-state index contributed by atoms with van der Waals surface area (Å²) >= 11 is 0. The van der Waals surface area contributed by atoms with Crippen molar-refractivity contribution in [2.24, 2.45) is 11.1 Å². The molecule has 1 aromatic heterocycles. The lowest BCUT2D eigenvalue weighted by Gasteiger charge is -2.13. The fraction of sp³-hybridized carbons (Fsp3) is 0.308. The van der Waals surface area contributed by atoms with Crippen LogP contribution in [-0.2, 0) is 4.79 Å². The molecule has 6 nitrogen and oxygen atoms in total. The van der Waals surface area contributed by atoms with E-state index in [-0.39, 0.29) is 11.3 Å². The quantitative estimate of drug-likeness (QED) is 0.864. The van der Waals surface area contributed by atoms with Crippen molar-refractivity contribution in [1.29, 1.82) is 0 Å². The highest BCUT2D eigenvalue weighted by molar-refractivity contribution is 5.97. The zero-order chi connectivity index (χ0) is 13.3. The second kappa shape index (κ2) is 4.47. The summed E-state index contributed by atoms with van der Waals surface area (Å²) in [6.07, 6.45) is 2.99. The number of nitrogens with one attached hydrogen (secondary N) is 1. The summed E-state index contributed by atoms with van der Waals surface area (Å²) in [7, 11) is 0. The molecule has 98 valence electrons. The van der Waals surface area contributed by atoms with E-state index in [9.17, 15) is 4.79 Å². The number of benzene rings is 1. The van der Waals surface area contributed by atoms with Crippen LogP contribution in [0.3, 0.4) is 0 Å². The van der Waals surface area contributed by atoms with E-state index in [0.29, 0.717) is 18.1 Å². The molecule has 1 amide bonds. The average molecular weight is 258 g/mol. The van der Waals surface area contributed by atoms with Crippen LogP contribution in [-0.4, -0.2) is 22.6 Å². The van der Waals surface area contributed by atoms with Crippen LogP contribution < -0.4 is 11.1 Å². The van der Waals surface area contributed by atoms with E-state index in [1.54, 1.807) is 6.07 Å². The number of nitrogens with zero attached hydrogens (tertiary/aromatic N) is 2. The van der Waals surface area contributed by atoms with Crippen LogP contribution in [0.15, 0.2) is 35.1 Å². The highest BCUT2D eigenvalue weighted by atomic mass is 16.4. The smallest absolute Gasteiger partial charge is 0.247 e. The van der Waals surface area contributed by atoms with Crippen molar-refractivity contribution in [2.75, 3.05) is 11.9 Å². The van der Waals surface area contributed by atoms with Gasteiger partial charge in [-0.1, -0.05) is 6.07 Å². The molecule has 0 aliphatic heterocycles. The van der Waals surface area contributed by atoms with Crippen molar-refractivity contribution in [3.63, 3.8) is 0 Å². The highest BCUT2D eigenvalue weighted by Crippen LogP contribution is 2.45. The minimum Gasteiger partial charge on any atom is -0.423 e. The first-order valence-corrected chi connectivity index (χ1v) is 6.12. The van der Waals surface area contributed by atoms with Crippen LogP contribution in [0.5, 0.6) is 0 Å². The molecule has 0 unspecified atom stereocenters. The van der Waals surface area contributed by atoms with Gasteiger partial charge in [-0.05, 0) is 31.0 Å². The minimum atomic E-state index is -0.361. The summed E-state index contributed by atoms with van der Waals surface area (Å²) in [6.45, 7) is 0.391. The molecule has 3 N–H and O–H groups in total. The van der Waals surface area contributed by atoms with Crippen LogP contribution in [0.4, 0.5) is 5.69 Å². The molecule has 1 aromatic carbocycles. The van der Waals surface area contributed by atoms with Crippen molar-refractivity contribution in [3.05, 3.63) is 30.7 Å². The van der Waals surface area contributed by atoms with Crippen LogP contribution >= 0.6 is 0 Å². The molecule has 1 fully saturated rings. The second-order valence-electron chi connectivity index (χ2n) is 4.76. The molecular weight excluding hydrogens is 244 g/mol. The number of aromatic nitrogens is 2. The summed E-state index contributed by atoms with van der Waals surface area (Å²) in [6, 6.07) is 7.30. The number of hydrogen-bond donors (Lipinski definition) is 2. The maximum atomic E-state index is 12.1. The van der Waals surface area contributed by atoms with Gasteiger partial charge in [0.2, 0.25) is 18.2 Å². The Balaban J connectivity index is 1.79. The fourth-order valence-corrected chi connectivity index (χ4v) is 1.97. The number of amides is 1. The topological polar surface area (TPSA) is 94.0 Å². The molecule has 0 spiro atoms. The molecular formula is C13H14N4O2. The summed E-state index contributed by atoms with van der Waals surface area (Å²) in [5, 5.41) is 10.4. The third-order valence-corrected chi connectivity index (χ3v) is 3.45. The molecule has 19 heavy (non-hydrogen) atoms. The van der Waals surface area contributed by atoms with Gasteiger partial charge >= 0.3 is 0 Å². The molecule has 0 atom stereocenters. The number of anilines is 1. The van der Waals surface area contributed by atoms with Gasteiger partial charge < -0.3 is 15.5 Å². The number of carbonyl (C=O) groups is 1. The van der Waals surface area contributed by atoms with Crippen molar-refractivity contribution in [2.45, 2.75) is 12.8 Å². The molecule has 0 saturated heterocycles.